The Labute approximate surface area is 148 Å². The minimum atomic E-state index is 0.0150. The van der Waals surface area contributed by atoms with Crippen molar-refractivity contribution in [1.82, 2.24) is 4.90 Å². The highest BCUT2D eigenvalue weighted by atomic mass is 16.5. The number of benzene rings is 2. The van der Waals surface area contributed by atoms with E-state index in [2.05, 4.69) is 12.1 Å². The molecule has 1 amide bonds. The summed E-state index contributed by atoms with van der Waals surface area (Å²) in [5, 5.41) is 0. The van der Waals surface area contributed by atoms with Gasteiger partial charge in [-0.2, -0.15) is 0 Å². The summed E-state index contributed by atoms with van der Waals surface area (Å²) in [6, 6.07) is 11.9. The molecule has 4 heteroatoms. The lowest BCUT2D eigenvalue weighted by Crippen LogP contribution is -2.36. The lowest BCUT2D eigenvalue weighted by Gasteiger charge is -2.29. The molecule has 0 bridgehead atoms. The van der Waals surface area contributed by atoms with Gasteiger partial charge in [0.2, 0.25) is 0 Å². The second-order valence-corrected chi connectivity index (χ2v) is 6.05. The van der Waals surface area contributed by atoms with Crippen LogP contribution in [0, 0.1) is 0 Å². The van der Waals surface area contributed by atoms with Crippen molar-refractivity contribution in [3.63, 3.8) is 0 Å². The zero-order valence-corrected chi connectivity index (χ0v) is 14.9. The van der Waals surface area contributed by atoms with Crippen molar-refractivity contribution in [2.24, 2.45) is 0 Å². The molecule has 0 aromatic heterocycles. The van der Waals surface area contributed by atoms with E-state index in [9.17, 15) is 4.79 Å². The monoisotopic (exact) mass is 337 g/mol. The van der Waals surface area contributed by atoms with Crippen molar-refractivity contribution < 1.29 is 14.3 Å². The van der Waals surface area contributed by atoms with E-state index in [1.165, 1.54) is 11.1 Å². The SMILES string of the molecule is C/C=C/c1cc(C(=O)N2CCc3ccccc3C2)cc(OC)c1OC. The number of carbonyl (C=O) groups is 1. The first-order chi connectivity index (χ1) is 12.2. The summed E-state index contributed by atoms with van der Waals surface area (Å²) in [6.07, 6.45) is 4.73. The quantitative estimate of drug-likeness (QED) is 0.848. The predicted molar refractivity (Wildman–Crippen MR) is 99.1 cm³/mol. The van der Waals surface area contributed by atoms with Gasteiger partial charge in [0.05, 0.1) is 14.2 Å². The molecule has 0 radical (unpaired) electrons. The first-order valence-corrected chi connectivity index (χ1v) is 8.42. The lowest BCUT2D eigenvalue weighted by molar-refractivity contribution is 0.0734. The Bertz CT molecular complexity index is 811. The van der Waals surface area contributed by atoms with Gasteiger partial charge in [-0.3, -0.25) is 4.79 Å². The average Bonchev–Trinajstić information content (AvgIpc) is 2.66. The molecule has 0 N–H and O–H groups in total. The molecule has 0 unspecified atom stereocenters. The molecule has 4 nitrogen and oxygen atoms in total. The maximum absolute atomic E-state index is 13.0. The first kappa shape index (κ1) is 17.1. The first-order valence-electron chi connectivity index (χ1n) is 8.42. The van der Waals surface area contributed by atoms with E-state index in [4.69, 9.17) is 9.47 Å². The summed E-state index contributed by atoms with van der Waals surface area (Å²) in [5.41, 5.74) is 4.00. The molecule has 1 heterocycles. The molecule has 1 aliphatic heterocycles. The van der Waals surface area contributed by atoms with Crippen LogP contribution in [-0.2, 0) is 13.0 Å². The molecule has 0 aliphatic carbocycles. The minimum absolute atomic E-state index is 0.0150. The van der Waals surface area contributed by atoms with Crippen LogP contribution in [0.4, 0.5) is 0 Å². The van der Waals surface area contributed by atoms with E-state index in [1.807, 2.05) is 42.2 Å². The highest BCUT2D eigenvalue weighted by molar-refractivity contribution is 5.96. The Hall–Kier alpha value is -2.75. The van der Waals surface area contributed by atoms with Crippen molar-refractivity contribution in [2.45, 2.75) is 19.9 Å². The van der Waals surface area contributed by atoms with E-state index < -0.39 is 0 Å². The molecular formula is C21H23NO3. The van der Waals surface area contributed by atoms with Crippen molar-refractivity contribution in [2.75, 3.05) is 20.8 Å². The van der Waals surface area contributed by atoms with Gasteiger partial charge in [-0.1, -0.05) is 36.4 Å². The lowest BCUT2D eigenvalue weighted by atomic mass is 9.99. The van der Waals surface area contributed by atoms with Crippen LogP contribution in [0.3, 0.4) is 0 Å². The van der Waals surface area contributed by atoms with Crippen molar-refractivity contribution in [3.8, 4) is 11.5 Å². The molecule has 2 aromatic carbocycles. The molecule has 1 aliphatic rings. The van der Waals surface area contributed by atoms with Crippen LogP contribution in [0.1, 0.15) is 34.0 Å². The van der Waals surface area contributed by atoms with Gasteiger partial charge in [-0.15, -0.1) is 0 Å². The number of hydrogen-bond donors (Lipinski definition) is 0. The van der Waals surface area contributed by atoms with Crippen LogP contribution < -0.4 is 9.47 Å². The molecule has 0 atom stereocenters. The van der Waals surface area contributed by atoms with E-state index in [0.29, 0.717) is 23.6 Å². The van der Waals surface area contributed by atoms with Gasteiger partial charge in [0.15, 0.2) is 11.5 Å². The Kier molecular flexibility index (Phi) is 5.08. The number of allylic oxidation sites excluding steroid dienone is 1. The number of ether oxygens (including phenoxy) is 2. The number of amides is 1. The van der Waals surface area contributed by atoms with Crippen LogP contribution in [0.2, 0.25) is 0 Å². The van der Waals surface area contributed by atoms with Crippen molar-refractivity contribution in [1.29, 1.82) is 0 Å². The zero-order valence-electron chi connectivity index (χ0n) is 14.9. The average molecular weight is 337 g/mol. The van der Waals surface area contributed by atoms with Gasteiger partial charge in [0.1, 0.15) is 0 Å². The largest absolute Gasteiger partial charge is 0.493 e. The fourth-order valence-corrected chi connectivity index (χ4v) is 3.27. The summed E-state index contributed by atoms with van der Waals surface area (Å²) >= 11 is 0. The second kappa shape index (κ2) is 7.43. The number of nitrogens with zero attached hydrogens (tertiary/aromatic N) is 1. The third-order valence-corrected chi connectivity index (χ3v) is 4.52. The standard InChI is InChI=1S/C21H23NO3/c1-4-7-16-12-18(13-19(24-2)20(16)25-3)21(23)22-11-10-15-8-5-6-9-17(15)14-22/h4-9,12-13H,10-11,14H2,1-3H3/b7-4+. The highest BCUT2D eigenvalue weighted by Crippen LogP contribution is 2.34. The zero-order chi connectivity index (χ0) is 17.8. The molecule has 0 fully saturated rings. The van der Waals surface area contributed by atoms with Crippen LogP contribution in [0.5, 0.6) is 11.5 Å². The fourth-order valence-electron chi connectivity index (χ4n) is 3.27. The third-order valence-electron chi connectivity index (χ3n) is 4.52. The summed E-state index contributed by atoms with van der Waals surface area (Å²) < 4.78 is 10.9. The molecule has 3 rings (SSSR count). The Balaban J connectivity index is 1.93. The Morgan fingerprint density at radius 2 is 1.88 bits per heavy atom. The molecular weight excluding hydrogens is 314 g/mol. The van der Waals surface area contributed by atoms with Crippen LogP contribution >= 0.6 is 0 Å². The van der Waals surface area contributed by atoms with Gasteiger partial charge in [-0.05, 0) is 36.6 Å². The van der Waals surface area contributed by atoms with Crippen LogP contribution in [0.25, 0.3) is 6.08 Å². The highest BCUT2D eigenvalue weighted by Gasteiger charge is 2.23. The second-order valence-electron chi connectivity index (χ2n) is 6.05. The number of carbonyl (C=O) groups excluding carboxylic acids is 1. The normalized spacial score (nSPS) is 13.6. The van der Waals surface area contributed by atoms with E-state index in [-0.39, 0.29) is 5.91 Å². The number of rotatable bonds is 4. The number of hydrogen-bond acceptors (Lipinski definition) is 3. The smallest absolute Gasteiger partial charge is 0.254 e. The van der Waals surface area contributed by atoms with Gasteiger partial charge >= 0.3 is 0 Å². The Morgan fingerprint density at radius 1 is 1.12 bits per heavy atom. The summed E-state index contributed by atoms with van der Waals surface area (Å²) in [4.78, 5) is 14.9. The number of fused-ring (bicyclic) bond motifs is 1. The summed E-state index contributed by atoms with van der Waals surface area (Å²) in [7, 11) is 3.19. The summed E-state index contributed by atoms with van der Waals surface area (Å²) in [6.45, 7) is 3.30. The molecule has 0 saturated heterocycles. The Morgan fingerprint density at radius 3 is 2.56 bits per heavy atom. The number of methoxy groups -OCH3 is 2. The van der Waals surface area contributed by atoms with E-state index in [1.54, 1.807) is 20.3 Å². The van der Waals surface area contributed by atoms with Gasteiger partial charge < -0.3 is 14.4 Å². The van der Waals surface area contributed by atoms with Gasteiger partial charge in [0, 0.05) is 24.2 Å². The van der Waals surface area contributed by atoms with Crippen LogP contribution in [0.15, 0.2) is 42.5 Å². The van der Waals surface area contributed by atoms with E-state index in [0.717, 1.165) is 18.5 Å². The molecule has 25 heavy (non-hydrogen) atoms. The molecule has 130 valence electrons. The van der Waals surface area contributed by atoms with E-state index >= 15 is 0 Å². The van der Waals surface area contributed by atoms with Crippen molar-refractivity contribution >= 4 is 12.0 Å². The molecule has 0 spiro atoms. The molecule has 0 saturated carbocycles. The topological polar surface area (TPSA) is 38.8 Å². The minimum Gasteiger partial charge on any atom is -0.493 e. The predicted octanol–water partition coefficient (Wildman–Crippen LogP) is 3.94. The van der Waals surface area contributed by atoms with Gasteiger partial charge in [0.25, 0.3) is 5.91 Å². The van der Waals surface area contributed by atoms with Crippen molar-refractivity contribution in [3.05, 3.63) is 64.7 Å². The van der Waals surface area contributed by atoms with Crippen LogP contribution in [-0.4, -0.2) is 31.6 Å². The molecule has 2 aromatic rings. The fraction of sp³-hybridized carbons (Fsp3) is 0.286. The third kappa shape index (κ3) is 3.38. The maximum Gasteiger partial charge on any atom is 0.254 e. The summed E-state index contributed by atoms with van der Waals surface area (Å²) in [5.74, 6) is 1.22. The van der Waals surface area contributed by atoms with Gasteiger partial charge in [-0.25, -0.2) is 0 Å². The maximum atomic E-state index is 13.0.